The maximum Gasteiger partial charge on any atom is 0.338 e. The van der Waals surface area contributed by atoms with E-state index < -0.39 is 5.97 Å². The molecule has 3 rings (SSSR count). The van der Waals surface area contributed by atoms with Gasteiger partial charge in [0.2, 0.25) is 5.91 Å². The molecule has 0 atom stereocenters. The highest BCUT2D eigenvalue weighted by Gasteiger charge is 2.22. The molecule has 140 valence electrons. The second-order valence-electron chi connectivity index (χ2n) is 7.08. The summed E-state index contributed by atoms with van der Waals surface area (Å²) in [5, 5.41) is 2.85. The predicted octanol–water partition coefficient (Wildman–Crippen LogP) is 2.67. The maximum atomic E-state index is 12.2. The van der Waals surface area contributed by atoms with Crippen molar-refractivity contribution >= 4 is 23.5 Å². The molecule has 1 saturated heterocycles. The number of nitrogens with zero attached hydrogens (tertiary/aromatic N) is 1. The zero-order valence-electron chi connectivity index (χ0n) is 15.0. The van der Waals surface area contributed by atoms with Crippen LogP contribution in [0.15, 0.2) is 24.3 Å². The van der Waals surface area contributed by atoms with E-state index in [1.165, 1.54) is 19.3 Å². The molecule has 2 amide bonds. The van der Waals surface area contributed by atoms with E-state index in [2.05, 4.69) is 5.32 Å². The van der Waals surface area contributed by atoms with Crippen LogP contribution in [0, 0.1) is 5.92 Å². The fourth-order valence-electron chi connectivity index (χ4n) is 3.64. The van der Waals surface area contributed by atoms with E-state index in [0.29, 0.717) is 36.7 Å². The van der Waals surface area contributed by atoms with Gasteiger partial charge in [-0.25, -0.2) is 4.79 Å². The molecule has 0 radical (unpaired) electrons. The highest BCUT2D eigenvalue weighted by molar-refractivity contribution is 5.97. The summed E-state index contributed by atoms with van der Waals surface area (Å²) >= 11 is 0. The average Bonchev–Trinajstić information content (AvgIpc) is 3.11. The van der Waals surface area contributed by atoms with Crippen LogP contribution in [0.4, 0.5) is 5.69 Å². The Labute approximate surface area is 153 Å². The van der Waals surface area contributed by atoms with Crippen molar-refractivity contribution in [3.8, 4) is 0 Å². The van der Waals surface area contributed by atoms with E-state index in [9.17, 15) is 14.4 Å². The van der Waals surface area contributed by atoms with Gasteiger partial charge in [0.25, 0.3) is 5.91 Å². The van der Waals surface area contributed by atoms with Crippen LogP contribution in [-0.2, 0) is 14.3 Å². The van der Waals surface area contributed by atoms with Crippen LogP contribution in [0.1, 0.15) is 55.3 Å². The molecule has 0 unspecified atom stereocenters. The predicted molar refractivity (Wildman–Crippen MR) is 97.9 cm³/mol. The van der Waals surface area contributed by atoms with E-state index in [4.69, 9.17) is 4.74 Å². The fraction of sp³-hybridized carbons (Fsp3) is 0.550. The van der Waals surface area contributed by atoms with Crippen molar-refractivity contribution in [3.05, 3.63) is 29.8 Å². The Kier molecular flexibility index (Phi) is 6.26. The quantitative estimate of drug-likeness (QED) is 0.793. The summed E-state index contributed by atoms with van der Waals surface area (Å²) < 4.78 is 5.12. The maximum absolute atomic E-state index is 12.2. The summed E-state index contributed by atoms with van der Waals surface area (Å²) in [7, 11) is 0. The zero-order chi connectivity index (χ0) is 18.4. The van der Waals surface area contributed by atoms with E-state index in [1.807, 2.05) is 0 Å². The molecule has 0 aromatic heterocycles. The first-order chi connectivity index (χ1) is 12.6. The van der Waals surface area contributed by atoms with Gasteiger partial charge in [0.15, 0.2) is 6.61 Å². The molecule has 6 heteroatoms. The Morgan fingerprint density at radius 3 is 2.69 bits per heavy atom. The van der Waals surface area contributed by atoms with Crippen molar-refractivity contribution < 1.29 is 19.1 Å². The van der Waals surface area contributed by atoms with E-state index >= 15 is 0 Å². The monoisotopic (exact) mass is 358 g/mol. The summed E-state index contributed by atoms with van der Waals surface area (Å²) in [5.74, 6) is -0.211. The van der Waals surface area contributed by atoms with Gasteiger partial charge in [0.05, 0.1) is 5.56 Å². The minimum absolute atomic E-state index is 0.0672. The van der Waals surface area contributed by atoms with E-state index in [1.54, 1.807) is 29.2 Å². The first-order valence-corrected chi connectivity index (χ1v) is 9.48. The Morgan fingerprint density at radius 1 is 1.15 bits per heavy atom. The molecular weight excluding hydrogens is 332 g/mol. The average molecular weight is 358 g/mol. The number of carbonyl (C=O) groups is 3. The van der Waals surface area contributed by atoms with Crippen LogP contribution in [0.3, 0.4) is 0 Å². The summed E-state index contributed by atoms with van der Waals surface area (Å²) in [5.41, 5.74) is 1.05. The highest BCUT2D eigenvalue weighted by atomic mass is 16.5. The van der Waals surface area contributed by atoms with Crippen LogP contribution in [0.25, 0.3) is 0 Å². The molecule has 0 spiro atoms. The van der Waals surface area contributed by atoms with Crippen molar-refractivity contribution in [3.63, 3.8) is 0 Å². The Hall–Kier alpha value is -2.37. The molecule has 2 fully saturated rings. The standard InChI is InChI=1S/C20H26N2O4/c23-18(21-13-15-6-2-1-3-7-15)14-26-20(25)16-8-4-9-17(12-16)22-11-5-10-19(22)24/h4,8-9,12,15H,1-3,5-7,10-11,13-14H2,(H,21,23). The lowest BCUT2D eigenvalue weighted by atomic mass is 9.89. The number of hydrogen-bond acceptors (Lipinski definition) is 4. The molecule has 1 aliphatic heterocycles. The van der Waals surface area contributed by atoms with Crippen LogP contribution in [0.2, 0.25) is 0 Å². The minimum Gasteiger partial charge on any atom is -0.452 e. The topological polar surface area (TPSA) is 75.7 Å². The van der Waals surface area contributed by atoms with Crippen molar-refractivity contribution in [2.75, 3.05) is 24.6 Å². The van der Waals surface area contributed by atoms with Gasteiger partial charge >= 0.3 is 5.97 Å². The molecule has 1 N–H and O–H groups in total. The van der Waals surface area contributed by atoms with Gasteiger partial charge in [-0.1, -0.05) is 25.3 Å². The first-order valence-electron chi connectivity index (χ1n) is 9.48. The molecule has 1 aromatic rings. The fourth-order valence-corrected chi connectivity index (χ4v) is 3.64. The second kappa shape index (κ2) is 8.83. The summed E-state index contributed by atoms with van der Waals surface area (Å²) in [4.78, 5) is 37.6. The molecule has 1 aliphatic carbocycles. The number of anilines is 1. The molecule has 1 heterocycles. The number of carbonyl (C=O) groups excluding carboxylic acids is 3. The number of nitrogens with one attached hydrogen (secondary N) is 1. The molecular formula is C20H26N2O4. The molecule has 26 heavy (non-hydrogen) atoms. The lowest BCUT2D eigenvalue weighted by Gasteiger charge is -2.21. The van der Waals surface area contributed by atoms with Crippen molar-refractivity contribution in [1.82, 2.24) is 5.32 Å². The number of esters is 1. The number of hydrogen-bond donors (Lipinski definition) is 1. The van der Waals surface area contributed by atoms with Gasteiger partial charge in [0, 0.05) is 25.2 Å². The van der Waals surface area contributed by atoms with Crippen LogP contribution in [0.5, 0.6) is 0 Å². The molecule has 1 saturated carbocycles. The van der Waals surface area contributed by atoms with Gasteiger partial charge in [0.1, 0.15) is 0 Å². The van der Waals surface area contributed by atoms with Crippen LogP contribution >= 0.6 is 0 Å². The van der Waals surface area contributed by atoms with Gasteiger partial charge in [-0.3, -0.25) is 9.59 Å². The normalized spacial score (nSPS) is 18.0. The summed E-state index contributed by atoms with van der Waals surface area (Å²) in [6.07, 6.45) is 7.41. The Balaban J connectivity index is 1.47. The third-order valence-corrected chi connectivity index (χ3v) is 5.11. The van der Waals surface area contributed by atoms with Crippen molar-refractivity contribution in [2.24, 2.45) is 5.92 Å². The largest absolute Gasteiger partial charge is 0.452 e. The SMILES string of the molecule is O=C(COC(=O)c1cccc(N2CCCC2=O)c1)NCC1CCCCC1. The van der Waals surface area contributed by atoms with Crippen molar-refractivity contribution in [2.45, 2.75) is 44.9 Å². The number of amides is 2. The highest BCUT2D eigenvalue weighted by Crippen LogP contribution is 2.23. The third kappa shape index (κ3) is 4.84. The van der Waals surface area contributed by atoms with Gasteiger partial charge < -0.3 is 15.0 Å². The van der Waals surface area contributed by atoms with Gasteiger partial charge in [-0.05, 0) is 43.4 Å². The molecule has 6 nitrogen and oxygen atoms in total. The zero-order valence-corrected chi connectivity index (χ0v) is 15.0. The Morgan fingerprint density at radius 2 is 1.96 bits per heavy atom. The third-order valence-electron chi connectivity index (χ3n) is 5.11. The van der Waals surface area contributed by atoms with Crippen LogP contribution < -0.4 is 10.2 Å². The number of ether oxygens (including phenoxy) is 1. The number of rotatable bonds is 6. The van der Waals surface area contributed by atoms with Gasteiger partial charge in [-0.2, -0.15) is 0 Å². The van der Waals surface area contributed by atoms with Crippen LogP contribution in [-0.4, -0.2) is 37.5 Å². The second-order valence-corrected chi connectivity index (χ2v) is 7.08. The Bertz CT molecular complexity index is 668. The van der Waals surface area contributed by atoms with E-state index in [0.717, 1.165) is 19.3 Å². The smallest absolute Gasteiger partial charge is 0.338 e. The summed E-state index contributed by atoms with van der Waals surface area (Å²) in [6.45, 7) is 1.04. The van der Waals surface area contributed by atoms with Gasteiger partial charge in [-0.15, -0.1) is 0 Å². The molecule has 1 aromatic carbocycles. The number of benzene rings is 1. The lowest BCUT2D eigenvalue weighted by Crippen LogP contribution is -2.33. The van der Waals surface area contributed by atoms with Crippen molar-refractivity contribution in [1.29, 1.82) is 0 Å². The van der Waals surface area contributed by atoms with E-state index in [-0.39, 0.29) is 18.4 Å². The lowest BCUT2D eigenvalue weighted by molar-refractivity contribution is -0.124. The molecule has 0 bridgehead atoms. The first kappa shape index (κ1) is 18.4. The minimum atomic E-state index is -0.550. The summed E-state index contributed by atoms with van der Waals surface area (Å²) in [6, 6.07) is 6.80. The molecule has 2 aliphatic rings.